The van der Waals surface area contributed by atoms with Gasteiger partial charge in [-0.3, -0.25) is 0 Å². The SMILES string of the molecule is C[C@@H]1[CH][C@H](C)CCC1. The standard InChI is InChI=1S/C8H15/c1-7-4-3-5-8(2)6-7/h6-8H,3-5H2,1-2H3/t7-,8+. The molecule has 2 atom stereocenters. The zero-order valence-electron chi connectivity index (χ0n) is 5.85. The van der Waals surface area contributed by atoms with Gasteiger partial charge in [-0.25, -0.2) is 0 Å². The molecule has 0 aromatic rings. The third-order valence-corrected chi connectivity index (χ3v) is 1.98. The van der Waals surface area contributed by atoms with E-state index >= 15 is 0 Å². The molecule has 0 amide bonds. The minimum atomic E-state index is 0.888. The van der Waals surface area contributed by atoms with Crippen LogP contribution in [0.1, 0.15) is 33.1 Å². The fourth-order valence-corrected chi connectivity index (χ4v) is 1.52. The van der Waals surface area contributed by atoms with Gasteiger partial charge in [-0.2, -0.15) is 0 Å². The molecule has 0 saturated heterocycles. The number of hydrogen-bond acceptors (Lipinski definition) is 0. The van der Waals surface area contributed by atoms with E-state index in [9.17, 15) is 0 Å². The van der Waals surface area contributed by atoms with Crippen molar-refractivity contribution in [2.45, 2.75) is 33.1 Å². The average Bonchev–Trinajstić information content (AvgIpc) is 1.64. The molecule has 0 N–H and O–H groups in total. The van der Waals surface area contributed by atoms with Gasteiger partial charge < -0.3 is 0 Å². The molecule has 0 aromatic carbocycles. The van der Waals surface area contributed by atoms with Gasteiger partial charge in [0.25, 0.3) is 0 Å². The molecule has 1 fully saturated rings. The first kappa shape index (κ1) is 6.12. The summed E-state index contributed by atoms with van der Waals surface area (Å²) in [6.07, 6.45) is 6.76. The highest BCUT2D eigenvalue weighted by molar-refractivity contribution is 4.82. The Hall–Kier alpha value is 0. The van der Waals surface area contributed by atoms with Crippen LogP contribution in [-0.4, -0.2) is 0 Å². The van der Waals surface area contributed by atoms with Crippen molar-refractivity contribution in [3.05, 3.63) is 6.42 Å². The molecule has 0 heterocycles. The van der Waals surface area contributed by atoms with E-state index in [1.54, 1.807) is 0 Å². The predicted molar refractivity (Wildman–Crippen MR) is 36.5 cm³/mol. The maximum atomic E-state index is 2.48. The van der Waals surface area contributed by atoms with E-state index in [0.29, 0.717) is 0 Å². The summed E-state index contributed by atoms with van der Waals surface area (Å²) >= 11 is 0. The van der Waals surface area contributed by atoms with Gasteiger partial charge in [0.05, 0.1) is 0 Å². The fourth-order valence-electron chi connectivity index (χ4n) is 1.52. The highest BCUT2D eigenvalue weighted by Crippen LogP contribution is 2.26. The van der Waals surface area contributed by atoms with E-state index in [1.807, 2.05) is 0 Å². The van der Waals surface area contributed by atoms with Crippen molar-refractivity contribution in [3.63, 3.8) is 0 Å². The molecule has 0 bridgehead atoms. The van der Waals surface area contributed by atoms with Gasteiger partial charge in [0, 0.05) is 0 Å². The molecule has 1 radical (unpaired) electrons. The second-order valence-electron chi connectivity index (χ2n) is 3.08. The maximum Gasteiger partial charge on any atom is -0.0329 e. The van der Waals surface area contributed by atoms with Crippen molar-refractivity contribution in [2.75, 3.05) is 0 Å². The Bertz CT molecular complexity index is 58.4. The van der Waals surface area contributed by atoms with Crippen molar-refractivity contribution in [1.29, 1.82) is 0 Å². The first-order chi connectivity index (χ1) is 3.79. The van der Waals surface area contributed by atoms with E-state index in [-0.39, 0.29) is 0 Å². The molecule has 0 aliphatic heterocycles. The zero-order chi connectivity index (χ0) is 5.98. The molecule has 8 heavy (non-hydrogen) atoms. The van der Waals surface area contributed by atoms with Crippen LogP contribution >= 0.6 is 0 Å². The molecule has 0 spiro atoms. The molecular formula is C8H15. The summed E-state index contributed by atoms with van der Waals surface area (Å²) in [6.45, 7) is 4.63. The molecule has 1 saturated carbocycles. The monoisotopic (exact) mass is 111 g/mol. The van der Waals surface area contributed by atoms with Crippen molar-refractivity contribution < 1.29 is 0 Å². The van der Waals surface area contributed by atoms with Crippen LogP contribution in [0.3, 0.4) is 0 Å². The lowest BCUT2D eigenvalue weighted by Crippen LogP contribution is -2.10. The molecule has 1 aliphatic rings. The zero-order valence-corrected chi connectivity index (χ0v) is 5.85. The summed E-state index contributed by atoms with van der Waals surface area (Å²) < 4.78 is 0. The van der Waals surface area contributed by atoms with Gasteiger partial charge in [0.1, 0.15) is 0 Å². The van der Waals surface area contributed by atoms with Crippen molar-refractivity contribution in [1.82, 2.24) is 0 Å². The van der Waals surface area contributed by atoms with E-state index < -0.39 is 0 Å². The highest BCUT2D eigenvalue weighted by atomic mass is 14.2. The highest BCUT2D eigenvalue weighted by Gasteiger charge is 2.13. The van der Waals surface area contributed by atoms with Gasteiger partial charge in [-0.15, -0.1) is 0 Å². The number of rotatable bonds is 0. The van der Waals surface area contributed by atoms with Gasteiger partial charge in [-0.05, 0) is 18.3 Å². The lowest BCUT2D eigenvalue weighted by molar-refractivity contribution is 0.396. The summed E-state index contributed by atoms with van der Waals surface area (Å²) in [7, 11) is 0. The van der Waals surface area contributed by atoms with Crippen molar-refractivity contribution in [3.8, 4) is 0 Å². The Balaban J connectivity index is 2.23. The van der Waals surface area contributed by atoms with Crippen molar-refractivity contribution >= 4 is 0 Å². The van der Waals surface area contributed by atoms with Crippen LogP contribution in [0.15, 0.2) is 0 Å². The Labute approximate surface area is 52.3 Å². The van der Waals surface area contributed by atoms with Gasteiger partial charge in [-0.1, -0.05) is 33.1 Å². The molecule has 0 unspecified atom stereocenters. The van der Waals surface area contributed by atoms with Crippen LogP contribution in [0.25, 0.3) is 0 Å². The molecule has 0 nitrogen and oxygen atoms in total. The van der Waals surface area contributed by atoms with Gasteiger partial charge in [0.2, 0.25) is 0 Å². The third-order valence-electron chi connectivity index (χ3n) is 1.98. The minimum absolute atomic E-state index is 0.888. The molecule has 1 rings (SSSR count). The van der Waals surface area contributed by atoms with E-state index in [1.165, 1.54) is 19.3 Å². The lowest BCUT2D eigenvalue weighted by Gasteiger charge is -2.22. The Morgan fingerprint density at radius 3 is 1.88 bits per heavy atom. The largest absolute Gasteiger partial charge is 0.0622 e. The third kappa shape index (κ3) is 1.50. The van der Waals surface area contributed by atoms with Crippen molar-refractivity contribution in [2.24, 2.45) is 11.8 Å². The van der Waals surface area contributed by atoms with Crippen LogP contribution in [0.5, 0.6) is 0 Å². The molecule has 1 aliphatic carbocycles. The van der Waals surface area contributed by atoms with Crippen LogP contribution < -0.4 is 0 Å². The number of hydrogen-bond donors (Lipinski definition) is 0. The predicted octanol–water partition coefficient (Wildman–Crippen LogP) is 2.65. The summed E-state index contributed by atoms with van der Waals surface area (Å²) in [5.74, 6) is 1.78. The van der Waals surface area contributed by atoms with Gasteiger partial charge >= 0.3 is 0 Å². The molecule has 0 aromatic heterocycles. The summed E-state index contributed by atoms with van der Waals surface area (Å²) in [4.78, 5) is 0. The summed E-state index contributed by atoms with van der Waals surface area (Å²) in [5.41, 5.74) is 0. The van der Waals surface area contributed by atoms with Crippen LogP contribution in [0.2, 0.25) is 0 Å². The second kappa shape index (κ2) is 2.52. The van der Waals surface area contributed by atoms with E-state index in [2.05, 4.69) is 20.3 Å². The topological polar surface area (TPSA) is 0 Å². The summed E-state index contributed by atoms with van der Waals surface area (Å²) in [5, 5.41) is 0. The van der Waals surface area contributed by atoms with Gasteiger partial charge in [0.15, 0.2) is 0 Å². The first-order valence-electron chi connectivity index (χ1n) is 3.64. The lowest BCUT2D eigenvalue weighted by atomic mass is 9.84. The Morgan fingerprint density at radius 1 is 1.12 bits per heavy atom. The minimum Gasteiger partial charge on any atom is -0.0622 e. The Kier molecular flexibility index (Phi) is 1.93. The van der Waals surface area contributed by atoms with Crippen LogP contribution in [0.4, 0.5) is 0 Å². The summed E-state index contributed by atoms with van der Waals surface area (Å²) in [6, 6.07) is 0. The smallest absolute Gasteiger partial charge is 0.0329 e. The quantitative estimate of drug-likeness (QED) is 0.451. The van der Waals surface area contributed by atoms with E-state index in [4.69, 9.17) is 0 Å². The average molecular weight is 111 g/mol. The van der Waals surface area contributed by atoms with E-state index in [0.717, 1.165) is 11.8 Å². The second-order valence-corrected chi connectivity index (χ2v) is 3.08. The first-order valence-corrected chi connectivity index (χ1v) is 3.64. The molecule has 47 valence electrons. The Morgan fingerprint density at radius 2 is 1.62 bits per heavy atom. The van der Waals surface area contributed by atoms with Crippen LogP contribution in [0, 0.1) is 18.3 Å². The molecule has 0 heteroatoms. The van der Waals surface area contributed by atoms with Crippen LogP contribution in [-0.2, 0) is 0 Å². The maximum absolute atomic E-state index is 2.48. The molecular weight excluding hydrogens is 96.1 g/mol. The normalized spacial score (nSPS) is 39.8. The fraction of sp³-hybridized carbons (Fsp3) is 0.875.